The zero-order chi connectivity index (χ0) is 9.28. The van der Waals surface area contributed by atoms with Crippen molar-refractivity contribution in [2.45, 2.75) is 20.8 Å². The Balaban J connectivity index is 4.11. The van der Waals surface area contributed by atoms with Crippen molar-refractivity contribution >= 4 is 5.97 Å². The summed E-state index contributed by atoms with van der Waals surface area (Å²) in [7, 11) is -4.64. The Morgan fingerprint density at radius 3 is 1.73 bits per heavy atom. The molecule has 11 heavy (non-hydrogen) atoms. The molecule has 0 aliphatic carbocycles. The van der Waals surface area contributed by atoms with Crippen LogP contribution in [0, 0.1) is 15.7 Å². The first-order chi connectivity index (χ1) is 4.63. The van der Waals surface area contributed by atoms with Crippen LogP contribution in [0.4, 0.5) is 0 Å². The van der Waals surface area contributed by atoms with Gasteiger partial charge in [0.15, 0.2) is 0 Å². The first-order valence-corrected chi connectivity index (χ1v) is 4.01. The SMILES string of the molecule is CC(C)(C)C(=O)O[Cl+3]([O-])([O-])[O-]. The summed E-state index contributed by atoms with van der Waals surface area (Å²) in [4.78, 5) is 10.7. The normalized spacial score (nSPS) is 12.9. The van der Waals surface area contributed by atoms with E-state index in [4.69, 9.17) is 0 Å². The number of halogens is 1. The Bertz CT molecular complexity index is 153. The second-order valence-electron chi connectivity index (χ2n) is 2.99. The molecule has 6 heteroatoms. The molecule has 5 nitrogen and oxygen atoms in total. The third-order valence-corrected chi connectivity index (χ3v) is 1.11. The van der Waals surface area contributed by atoms with E-state index in [0.717, 1.165) is 0 Å². The van der Waals surface area contributed by atoms with Crippen LogP contribution in [-0.4, -0.2) is 5.97 Å². The largest absolute Gasteiger partial charge is 0.468 e. The van der Waals surface area contributed by atoms with E-state index in [2.05, 4.69) is 4.29 Å². The molecule has 0 aromatic carbocycles. The molecule has 0 spiro atoms. The summed E-state index contributed by atoms with van der Waals surface area (Å²) in [5.74, 6) is -1.06. The molecule has 0 radical (unpaired) electrons. The van der Waals surface area contributed by atoms with E-state index in [1.54, 1.807) is 0 Å². The molecule has 0 saturated carbocycles. The molecule has 0 N–H and O–H groups in total. The molecule has 0 aromatic rings. The van der Waals surface area contributed by atoms with Crippen LogP contribution in [0.15, 0.2) is 0 Å². The van der Waals surface area contributed by atoms with Gasteiger partial charge in [-0.1, -0.05) is 0 Å². The Morgan fingerprint density at radius 2 is 1.64 bits per heavy atom. The molecule has 0 atom stereocenters. The maximum atomic E-state index is 10.7. The van der Waals surface area contributed by atoms with Gasteiger partial charge < -0.3 is 0 Å². The molecule has 0 aliphatic heterocycles. The smallest absolute Gasteiger partial charge is 0.234 e. The number of hydrogen-bond acceptors (Lipinski definition) is 5. The predicted octanol–water partition coefficient (Wildman–Crippen LogP) is -2.53. The van der Waals surface area contributed by atoms with Crippen molar-refractivity contribution < 1.29 is 33.3 Å². The number of rotatable bonds is 1. The number of carbonyl (C=O) groups is 1. The van der Waals surface area contributed by atoms with E-state index in [1.165, 1.54) is 20.8 Å². The van der Waals surface area contributed by atoms with Gasteiger partial charge in [-0.05, 0) is 25.1 Å². The maximum Gasteiger partial charge on any atom is 0.468 e. The maximum absolute atomic E-state index is 10.7. The molecule has 0 rings (SSSR count). The van der Waals surface area contributed by atoms with Crippen molar-refractivity contribution in [2.75, 3.05) is 0 Å². The summed E-state index contributed by atoms with van der Waals surface area (Å²) in [5.41, 5.74) is -0.982. The lowest BCUT2D eigenvalue weighted by Crippen LogP contribution is -2.62. The third-order valence-electron chi connectivity index (χ3n) is 0.777. The minimum Gasteiger partial charge on any atom is -0.234 e. The lowest BCUT2D eigenvalue weighted by molar-refractivity contribution is -1.92. The predicted molar refractivity (Wildman–Crippen MR) is 25.5 cm³/mol. The van der Waals surface area contributed by atoms with Gasteiger partial charge in [0.25, 0.3) is 0 Å². The number of carbonyl (C=O) groups excluding carboxylic acids is 1. The van der Waals surface area contributed by atoms with Crippen molar-refractivity contribution in [3.63, 3.8) is 0 Å². The summed E-state index contributed by atoms with van der Waals surface area (Å²) >= 11 is 0. The van der Waals surface area contributed by atoms with Crippen LogP contribution in [0.1, 0.15) is 20.8 Å². The monoisotopic (exact) mass is 184 g/mol. The number of hydrogen-bond donors (Lipinski definition) is 0. The highest BCUT2D eigenvalue weighted by Gasteiger charge is 2.36. The Hall–Kier alpha value is -0.360. The van der Waals surface area contributed by atoms with Crippen LogP contribution in [0.3, 0.4) is 0 Å². The van der Waals surface area contributed by atoms with Gasteiger partial charge in [0.1, 0.15) is 10.2 Å². The average Bonchev–Trinajstić information content (AvgIpc) is 1.56. The Kier molecular flexibility index (Phi) is 2.85. The fourth-order valence-corrected chi connectivity index (χ4v) is 0.605. The van der Waals surface area contributed by atoms with Gasteiger partial charge in [-0.3, -0.25) is 0 Å². The molecule has 0 aliphatic rings. The van der Waals surface area contributed by atoms with Crippen LogP contribution < -0.4 is 14.0 Å². The standard InChI is InChI=1S/C5H9ClO5/c1-5(2,3)4(7)11-6(8,9)10/h1-3H3. The molecule has 0 amide bonds. The van der Waals surface area contributed by atoms with Gasteiger partial charge >= 0.3 is 5.97 Å². The minimum absolute atomic E-state index is 0.982. The highest BCUT2D eigenvalue weighted by molar-refractivity contribution is 5.74. The highest BCUT2D eigenvalue weighted by atomic mass is 35.7. The quantitative estimate of drug-likeness (QED) is 0.448. The minimum atomic E-state index is -4.64. The highest BCUT2D eigenvalue weighted by Crippen LogP contribution is 2.16. The fraction of sp³-hybridized carbons (Fsp3) is 0.800. The summed E-state index contributed by atoms with van der Waals surface area (Å²) < 4.78 is 33.1. The molecular weight excluding hydrogens is 176 g/mol. The molecule has 0 heterocycles. The van der Waals surface area contributed by atoms with Crippen molar-refractivity contribution in [3.8, 4) is 0 Å². The zero-order valence-electron chi connectivity index (χ0n) is 6.42. The van der Waals surface area contributed by atoms with Crippen molar-refractivity contribution in [1.82, 2.24) is 0 Å². The molecule has 0 aromatic heterocycles. The second kappa shape index (κ2) is 2.94. The van der Waals surface area contributed by atoms with E-state index >= 15 is 0 Å². The van der Waals surface area contributed by atoms with E-state index in [-0.39, 0.29) is 0 Å². The van der Waals surface area contributed by atoms with E-state index in [9.17, 15) is 18.8 Å². The Labute approximate surface area is 66.3 Å². The van der Waals surface area contributed by atoms with Crippen molar-refractivity contribution in [3.05, 3.63) is 0 Å². The molecule has 0 fully saturated rings. The Morgan fingerprint density at radius 1 is 1.27 bits per heavy atom. The van der Waals surface area contributed by atoms with Crippen LogP contribution in [-0.2, 0) is 9.08 Å². The van der Waals surface area contributed by atoms with Gasteiger partial charge in [-0.25, -0.2) is 4.79 Å². The fourth-order valence-electron chi connectivity index (χ4n) is 0.202. The van der Waals surface area contributed by atoms with Crippen LogP contribution in [0.25, 0.3) is 0 Å². The third kappa shape index (κ3) is 4.97. The summed E-state index contributed by atoms with van der Waals surface area (Å²) in [6.07, 6.45) is 0. The first kappa shape index (κ1) is 10.6. The summed E-state index contributed by atoms with van der Waals surface area (Å²) in [5, 5.41) is 0. The lowest BCUT2D eigenvalue weighted by atomic mass is 9.98. The average molecular weight is 185 g/mol. The first-order valence-electron chi connectivity index (χ1n) is 2.78. The van der Waals surface area contributed by atoms with Gasteiger partial charge in [0, 0.05) is 0 Å². The van der Waals surface area contributed by atoms with Gasteiger partial charge in [0.2, 0.25) is 0 Å². The van der Waals surface area contributed by atoms with Crippen LogP contribution in [0.5, 0.6) is 0 Å². The van der Waals surface area contributed by atoms with Crippen LogP contribution in [0.2, 0.25) is 0 Å². The summed E-state index contributed by atoms with van der Waals surface area (Å²) in [6, 6.07) is 0. The lowest BCUT2D eigenvalue weighted by Gasteiger charge is -2.16. The molecular formula is C5H9ClO5. The van der Waals surface area contributed by atoms with E-state index in [0.29, 0.717) is 0 Å². The molecule has 0 unspecified atom stereocenters. The topological polar surface area (TPSA) is 95.5 Å². The molecule has 0 saturated heterocycles. The second-order valence-corrected chi connectivity index (χ2v) is 3.90. The van der Waals surface area contributed by atoms with Crippen molar-refractivity contribution in [2.24, 2.45) is 5.41 Å². The van der Waals surface area contributed by atoms with Gasteiger partial charge in [0.05, 0.1) is 5.41 Å². The summed E-state index contributed by atoms with van der Waals surface area (Å²) in [6.45, 7) is 4.32. The zero-order valence-corrected chi connectivity index (χ0v) is 7.18. The van der Waals surface area contributed by atoms with Crippen molar-refractivity contribution in [1.29, 1.82) is 0 Å². The molecule has 0 bridgehead atoms. The van der Waals surface area contributed by atoms with Crippen LogP contribution >= 0.6 is 0 Å². The molecule has 66 valence electrons. The van der Waals surface area contributed by atoms with Gasteiger partial charge in [-0.15, -0.1) is 0 Å². The van der Waals surface area contributed by atoms with E-state index < -0.39 is 21.6 Å². The van der Waals surface area contributed by atoms with E-state index in [1.807, 2.05) is 0 Å². The van der Waals surface area contributed by atoms with Gasteiger partial charge in [-0.2, -0.15) is 14.0 Å².